The third-order valence-electron chi connectivity index (χ3n) is 5.64. The molecule has 3 aromatic rings. The first kappa shape index (κ1) is 20.4. The van der Waals surface area contributed by atoms with Crippen LogP contribution in [-0.4, -0.2) is 59.6 Å². The number of nitrogens with zero attached hydrogens (tertiary/aromatic N) is 4. The lowest BCUT2D eigenvalue weighted by molar-refractivity contribution is 0.121. The highest BCUT2D eigenvalue weighted by Gasteiger charge is 2.18. The molecular weight excluding hydrogens is 380 g/mol. The van der Waals surface area contributed by atoms with Gasteiger partial charge in [-0.25, -0.2) is 4.98 Å². The lowest BCUT2D eigenvalue weighted by Crippen LogP contribution is -2.45. The third-order valence-corrected chi connectivity index (χ3v) is 5.64. The number of hydrogen-bond donors (Lipinski definition) is 0. The van der Waals surface area contributed by atoms with Crippen molar-refractivity contribution in [2.75, 3.05) is 40.4 Å². The molecule has 0 unspecified atom stereocenters. The van der Waals surface area contributed by atoms with E-state index in [0.717, 1.165) is 55.6 Å². The number of fused-ring (bicyclic) bond motifs is 1. The Bertz CT molecular complexity index is 1090. The number of ether oxygens (including phenoxy) is 2. The summed E-state index contributed by atoms with van der Waals surface area (Å²) in [6.45, 7) is 7.34. The Morgan fingerprint density at radius 2 is 1.60 bits per heavy atom. The van der Waals surface area contributed by atoms with Crippen molar-refractivity contribution in [3.63, 3.8) is 0 Å². The monoisotopic (exact) mass is 408 g/mol. The molecule has 0 N–H and O–H groups in total. The highest BCUT2D eigenvalue weighted by atomic mass is 16.5. The Morgan fingerprint density at radius 3 is 2.30 bits per heavy atom. The molecule has 30 heavy (non-hydrogen) atoms. The smallest absolute Gasteiger partial charge is 0.258 e. The predicted octanol–water partition coefficient (Wildman–Crippen LogP) is 2.34. The predicted molar refractivity (Wildman–Crippen MR) is 116 cm³/mol. The second-order valence-corrected chi connectivity index (χ2v) is 7.69. The number of pyridine rings is 1. The number of benzene rings is 1. The topological polar surface area (TPSA) is 59.3 Å². The van der Waals surface area contributed by atoms with Gasteiger partial charge in [0.25, 0.3) is 5.56 Å². The van der Waals surface area contributed by atoms with Crippen molar-refractivity contribution in [1.82, 2.24) is 19.2 Å². The van der Waals surface area contributed by atoms with Crippen LogP contribution in [-0.2, 0) is 13.1 Å². The minimum absolute atomic E-state index is 0.0137. The summed E-state index contributed by atoms with van der Waals surface area (Å²) in [4.78, 5) is 22.0. The normalized spacial score (nSPS) is 15.4. The fourth-order valence-electron chi connectivity index (χ4n) is 4.02. The number of piperazine rings is 1. The van der Waals surface area contributed by atoms with Crippen LogP contribution >= 0.6 is 0 Å². The Balaban J connectivity index is 1.37. The average Bonchev–Trinajstić information content (AvgIpc) is 2.75. The van der Waals surface area contributed by atoms with Crippen LogP contribution in [0.4, 0.5) is 0 Å². The maximum Gasteiger partial charge on any atom is 0.258 e. The van der Waals surface area contributed by atoms with E-state index in [1.165, 1.54) is 5.56 Å². The summed E-state index contributed by atoms with van der Waals surface area (Å²) < 4.78 is 12.4. The van der Waals surface area contributed by atoms with Crippen LogP contribution in [0, 0.1) is 6.92 Å². The molecule has 0 spiro atoms. The average molecular weight is 409 g/mol. The Hall–Kier alpha value is -2.90. The number of hydrogen-bond acceptors (Lipinski definition) is 6. The van der Waals surface area contributed by atoms with Gasteiger partial charge in [0.2, 0.25) is 0 Å². The lowest BCUT2D eigenvalue weighted by Gasteiger charge is -2.34. The van der Waals surface area contributed by atoms with Crippen molar-refractivity contribution < 1.29 is 9.47 Å². The van der Waals surface area contributed by atoms with Crippen LogP contribution < -0.4 is 15.0 Å². The maximum atomic E-state index is 12.5. The first-order valence-corrected chi connectivity index (χ1v) is 10.2. The van der Waals surface area contributed by atoms with Crippen molar-refractivity contribution >= 4 is 5.65 Å². The van der Waals surface area contributed by atoms with Gasteiger partial charge < -0.3 is 9.47 Å². The molecule has 0 radical (unpaired) electrons. The van der Waals surface area contributed by atoms with Crippen molar-refractivity contribution in [2.24, 2.45) is 0 Å². The SMILES string of the molecule is COc1ccc(CN2CCN(Cc3cc(=O)n4c(C)cccc4n3)CC2)cc1OC. The highest BCUT2D eigenvalue weighted by Crippen LogP contribution is 2.28. The summed E-state index contributed by atoms with van der Waals surface area (Å²) >= 11 is 0. The van der Waals surface area contributed by atoms with E-state index in [1.807, 2.05) is 37.3 Å². The van der Waals surface area contributed by atoms with Gasteiger partial charge in [0.1, 0.15) is 5.65 Å². The summed E-state index contributed by atoms with van der Waals surface area (Å²) in [5.41, 5.74) is 3.64. The largest absolute Gasteiger partial charge is 0.493 e. The van der Waals surface area contributed by atoms with Crippen LogP contribution in [0.25, 0.3) is 5.65 Å². The summed E-state index contributed by atoms with van der Waals surface area (Å²) in [5, 5.41) is 0. The molecule has 0 bridgehead atoms. The Kier molecular flexibility index (Phi) is 6.01. The zero-order valence-corrected chi connectivity index (χ0v) is 17.8. The van der Waals surface area contributed by atoms with Gasteiger partial charge in [-0.1, -0.05) is 12.1 Å². The molecule has 1 aromatic carbocycles. The fourth-order valence-corrected chi connectivity index (χ4v) is 4.02. The quantitative estimate of drug-likeness (QED) is 0.624. The molecule has 7 nitrogen and oxygen atoms in total. The molecule has 0 atom stereocenters. The number of aromatic nitrogens is 2. The summed E-state index contributed by atoms with van der Waals surface area (Å²) in [5.74, 6) is 1.51. The fraction of sp³-hybridized carbons (Fsp3) is 0.391. The highest BCUT2D eigenvalue weighted by molar-refractivity contribution is 5.43. The van der Waals surface area contributed by atoms with Crippen molar-refractivity contribution in [2.45, 2.75) is 20.0 Å². The molecule has 2 aromatic heterocycles. The van der Waals surface area contributed by atoms with Crippen LogP contribution in [0.2, 0.25) is 0 Å². The van der Waals surface area contributed by atoms with E-state index in [0.29, 0.717) is 12.2 Å². The molecule has 4 rings (SSSR count). The van der Waals surface area contributed by atoms with Gasteiger partial charge in [-0.15, -0.1) is 0 Å². The molecular formula is C23H28N4O3. The molecule has 0 amide bonds. The number of methoxy groups -OCH3 is 2. The summed E-state index contributed by atoms with van der Waals surface area (Å²) in [6, 6.07) is 13.5. The maximum absolute atomic E-state index is 12.5. The Labute approximate surface area is 176 Å². The molecule has 7 heteroatoms. The van der Waals surface area contributed by atoms with Crippen LogP contribution in [0.3, 0.4) is 0 Å². The molecule has 3 heterocycles. The lowest BCUT2D eigenvalue weighted by atomic mass is 10.1. The van der Waals surface area contributed by atoms with Gasteiger partial charge in [0.05, 0.1) is 19.9 Å². The molecule has 1 saturated heterocycles. The van der Waals surface area contributed by atoms with Crippen LogP contribution in [0.15, 0.2) is 47.3 Å². The minimum Gasteiger partial charge on any atom is -0.493 e. The van der Waals surface area contributed by atoms with Gasteiger partial charge >= 0.3 is 0 Å². The number of aryl methyl sites for hydroxylation is 1. The van der Waals surface area contributed by atoms with E-state index < -0.39 is 0 Å². The van der Waals surface area contributed by atoms with Gasteiger partial charge in [-0.2, -0.15) is 0 Å². The van der Waals surface area contributed by atoms with Crippen LogP contribution in [0.5, 0.6) is 11.5 Å². The van der Waals surface area contributed by atoms with E-state index in [9.17, 15) is 4.79 Å². The molecule has 1 fully saturated rings. The van der Waals surface area contributed by atoms with E-state index in [-0.39, 0.29) is 5.56 Å². The van der Waals surface area contributed by atoms with Gasteiger partial charge in [-0.05, 0) is 36.8 Å². The summed E-state index contributed by atoms with van der Waals surface area (Å²) in [6.07, 6.45) is 0. The second-order valence-electron chi connectivity index (χ2n) is 7.69. The number of rotatable bonds is 6. The van der Waals surface area contributed by atoms with E-state index in [2.05, 4.69) is 15.9 Å². The molecule has 1 aliphatic heterocycles. The minimum atomic E-state index is -0.0137. The van der Waals surface area contributed by atoms with Crippen molar-refractivity contribution in [3.8, 4) is 11.5 Å². The van der Waals surface area contributed by atoms with Gasteiger partial charge in [0, 0.05) is 51.0 Å². The first-order chi connectivity index (χ1) is 14.6. The van der Waals surface area contributed by atoms with E-state index >= 15 is 0 Å². The first-order valence-electron chi connectivity index (χ1n) is 10.2. The zero-order chi connectivity index (χ0) is 21.1. The van der Waals surface area contributed by atoms with Crippen molar-refractivity contribution in [3.05, 3.63) is 69.8 Å². The van der Waals surface area contributed by atoms with Crippen LogP contribution in [0.1, 0.15) is 17.0 Å². The summed E-state index contributed by atoms with van der Waals surface area (Å²) in [7, 11) is 3.31. The molecule has 1 aliphatic rings. The van der Waals surface area contributed by atoms with E-state index in [4.69, 9.17) is 14.5 Å². The van der Waals surface area contributed by atoms with Gasteiger partial charge in [0.15, 0.2) is 11.5 Å². The standard InChI is InChI=1S/C23H28N4O3/c1-17-5-4-6-22-24-19(14-23(28)27(17)22)16-26-11-9-25(10-12-26)15-18-7-8-20(29-2)21(13-18)30-3/h4-8,13-14H,9-12,15-16H2,1-3H3. The van der Waals surface area contributed by atoms with Gasteiger partial charge in [-0.3, -0.25) is 19.0 Å². The zero-order valence-electron chi connectivity index (χ0n) is 17.8. The van der Waals surface area contributed by atoms with Crippen molar-refractivity contribution in [1.29, 1.82) is 0 Å². The second kappa shape index (κ2) is 8.85. The van der Waals surface area contributed by atoms with E-state index in [1.54, 1.807) is 24.7 Å². The third kappa shape index (κ3) is 4.32. The Morgan fingerprint density at radius 1 is 0.900 bits per heavy atom. The molecule has 158 valence electrons. The molecule has 0 aliphatic carbocycles. The molecule has 0 saturated carbocycles.